The molecule has 0 fully saturated rings. The zero-order valence-corrected chi connectivity index (χ0v) is 19.8. The van der Waals surface area contributed by atoms with Crippen molar-refractivity contribution in [2.24, 2.45) is 0 Å². The van der Waals surface area contributed by atoms with Crippen molar-refractivity contribution in [3.05, 3.63) is 82.9 Å². The second-order valence-corrected chi connectivity index (χ2v) is 11.4. The lowest BCUT2D eigenvalue weighted by molar-refractivity contribution is 0.583. The van der Waals surface area contributed by atoms with Gasteiger partial charge in [-0.05, 0) is 28.7 Å². The van der Waals surface area contributed by atoms with Crippen molar-refractivity contribution < 1.29 is 0 Å². The molecular formula is C28H34S2. The minimum atomic E-state index is 0.504. The molecule has 2 atom stereocenters. The molecule has 0 bridgehead atoms. The molecule has 0 radical (unpaired) electrons. The highest BCUT2D eigenvalue weighted by Gasteiger charge is 2.26. The summed E-state index contributed by atoms with van der Waals surface area (Å²) in [6, 6.07) is 17.8. The highest BCUT2D eigenvalue weighted by Crippen LogP contribution is 2.50. The van der Waals surface area contributed by atoms with Gasteiger partial charge in [0.15, 0.2) is 0 Å². The van der Waals surface area contributed by atoms with E-state index in [1.54, 1.807) is 0 Å². The maximum atomic E-state index is 2.41. The Balaban J connectivity index is 1.36. The van der Waals surface area contributed by atoms with Crippen LogP contribution in [0.1, 0.15) is 91.0 Å². The van der Waals surface area contributed by atoms with Crippen LogP contribution in [0.3, 0.4) is 0 Å². The second kappa shape index (κ2) is 11.3. The van der Waals surface area contributed by atoms with Gasteiger partial charge in [-0.1, -0.05) is 125 Å². The van der Waals surface area contributed by atoms with Crippen LogP contribution in [0.25, 0.3) is 12.2 Å². The average molecular weight is 435 g/mol. The summed E-state index contributed by atoms with van der Waals surface area (Å²) in [4.78, 5) is 0. The molecule has 0 amide bonds. The molecule has 0 saturated heterocycles. The molecule has 0 heterocycles. The van der Waals surface area contributed by atoms with Gasteiger partial charge in [-0.25, -0.2) is 0 Å². The van der Waals surface area contributed by atoms with Crippen LogP contribution in [-0.2, 0) is 0 Å². The Morgan fingerprint density at radius 3 is 1.73 bits per heavy atom. The molecule has 2 aromatic carbocycles. The highest BCUT2D eigenvalue weighted by molar-refractivity contribution is 8.17. The summed E-state index contributed by atoms with van der Waals surface area (Å²) in [5, 5.41) is 1.01. The molecule has 0 nitrogen and oxygen atoms in total. The van der Waals surface area contributed by atoms with Gasteiger partial charge in [0.2, 0.25) is 0 Å². The lowest BCUT2D eigenvalue weighted by atomic mass is 10.1. The smallest absolute Gasteiger partial charge is 0.0521 e. The minimum Gasteiger partial charge on any atom is -0.135 e. The van der Waals surface area contributed by atoms with Gasteiger partial charge in [-0.3, -0.25) is 0 Å². The van der Waals surface area contributed by atoms with E-state index in [1.807, 2.05) is 0 Å². The molecule has 4 rings (SSSR count). The van der Waals surface area contributed by atoms with Gasteiger partial charge >= 0.3 is 0 Å². The summed E-state index contributed by atoms with van der Waals surface area (Å²) in [5.41, 5.74) is 5.80. The Kier molecular flexibility index (Phi) is 8.22. The summed E-state index contributed by atoms with van der Waals surface area (Å²) in [6.45, 7) is 2.30. The lowest BCUT2D eigenvalue weighted by Gasteiger charge is -2.23. The van der Waals surface area contributed by atoms with Crippen LogP contribution in [0.15, 0.2) is 60.7 Å². The summed E-state index contributed by atoms with van der Waals surface area (Å²) in [7, 11) is 0. The fourth-order valence-electron chi connectivity index (χ4n) is 4.43. The van der Waals surface area contributed by atoms with Crippen molar-refractivity contribution in [1.82, 2.24) is 0 Å². The number of fused-ring (bicyclic) bond motifs is 2. The van der Waals surface area contributed by atoms with Crippen molar-refractivity contribution in [1.29, 1.82) is 0 Å². The van der Waals surface area contributed by atoms with Crippen molar-refractivity contribution in [3.8, 4) is 0 Å². The van der Waals surface area contributed by atoms with E-state index < -0.39 is 0 Å². The Morgan fingerprint density at radius 2 is 1.17 bits per heavy atom. The van der Waals surface area contributed by atoms with Crippen molar-refractivity contribution in [2.75, 3.05) is 0 Å². The maximum Gasteiger partial charge on any atom is 0.0521 e. The maximum absolute atomic E-state index is 2.41. The first kappa shape index (κ1) is 21.8. The van der Waals surface area contributed by atoms with E-state index in [2.05, 4.69) is 103 Å². The van der Waals surface area contributed by atoms with E-state index >= 15 is 0 Å². The van der Waals surface area contributed by atoms with Gasteiger partial charge in [-0.15, -0.1) is 23.5 Å². The number of benzene rings is 2. The molecule has 0 aromatic heterocycles. The summed E-state index contributed by atoms with van der Waals surface area (Å²) < 4.78 is 0.627. The van der Waals surface area contributed by atoms with Gasteiger partial charge in [-0.2, -0.15) is 0 Å². The number of hydrogen-bond acceptors (Lipinski definition) is 2. The molecule has 2 aliphatic carbocycles. The van der Waals surface area contributed by atoms with E-state index in [4.69, 9.17) is 0 Å². The largest absolute Gasteiger partial charge is 0.135 e. The molecule has 0 aliphatic heterocycles. The second-order valence-electron chi connectivity index (χ2n) is 8.43. The zero-order chi connectivity index (χ0) is 20.6. The van der Waals surface area contributed by atoms with Crippen molar-refractivity contribution >= 4 is 35.7 Å². The van der Waals surface area contributed by atoms with Crippen LogP contribution in [0.5, 0.6) is 0 Å². The van der Waals surface area contributed by atoms with Gasteiger partial charge < -0.3 is 0 Å². The molecule has 2 heteroatoms. The molecule has 2 aliphatic rings. The van der Waals surface area contributed by atoms with Crippen LogP contribution in [0.4, 0.5) is 0 Å². The van der Waals surface area contributed by atoms with E-state index in [1.165, 1.54) is 73.6 Å². The summed E-state index contributed by atoms with van der Waals surface area (Å²) in [6.07, 6.45) is 20.5. The summed E-state index contributed by atoms with van der Waals surface area (Å²) in [5.74, 6) is 0. The minimum absolute atomic E-state index is 0.504. The number of hydrogen-bond donors (Lipinski definition) is 0. The predicted octanol–water partition coefficient (Wildman–Crippen LogP) is 9.46. The Morgan fingerprint density at radius 1 is 0.667 bits per heavy atom. The molecular weight excluding hydrogens is 400 g/mol. The van der Waals surface area contributed by atoms with Gasteiger partial charge in [0.25, 0.3) is 0 Å². The molecule has 2 unspecified atom stereocenters. The first-order valence-corrected chi connectivity index (χ1v) is 13.6. The highest BCUT2D eigenvalue weighted by atomic mass is 32.2. The molecule has 0 saturated carbocycles. The van der Waals surface area contributed by atoms with E-state index in [0.717, 1.165) is 0 Å². The first-order chi connectivity index (χ1) is 14.8. The number of rotatable bonds is 12. The molecule has 0 N–H and O–H groups in total. The monoisotopic (exact) mass is 434 g/mol. The van der Waals surface area contributed by atoms with E-state index in [9.17, 15) is 0 Å². The zero-order valence-electron chi connectivity index (χ0n) is 18.1. The molecule has 30 heavy (non-hydrogen) atoms. The Bertz CT molecular complexity index is 803. The van der Waals surface area contributed by atoms with Crippen LogP contribution in [-0.4, -0.2) is 4.58 Å². The van der Waals surface area contributed by atoms with Crippen LogP contribution in [0, 0.1) is 0 Å². The van der Waals surface area contributed by atoms with Crippen molar-refractivity contribution in [2.45, 2.75) is 73.4 Å². The fourth-order valence-corrected chi connectivity index (χ4v) is 7.73. The van der Waals surface area contributed by atoms with Crippen molar-refractivity contribution in [3.63, 3.8) is 0 Å². The van der Waals surface area contributed by atoms with Gasteiger partial charge in [0.05, 0.1) is 4.58 Å². The molecule has 158 valence electrons. The van der Waals surface area contributed by atoms with Gasteiger partial charge in [0, 0.05) is 10.5 Å². The third-order valence-corrected chi connectivity index (χ3v) is 9.30. The SMILES string of the molecule is CCCCCCCCCC(SC1C=Cc2ccccc21)SC1C=Cc2ccccc21. The predicted molar refractivity (Wildman–Crippen MR) is 138 cm³/mol. The third kappa shape index (κ3) is 5.65. The van der Waals surface area contributed by atoms with Crippen LogP contribution < -0.4 is 0 Å². The van der Waals surface area contributed by atoms with Gasteiger partial charge in [0.1, 0.15) is 0 Å². The number of unbranched alkanes of at least 4 members (excludes halogenated alkanes) is 6. The number of thioether (sulfide) groups is 2. The fraction of sp³-hybridized carbons (Fsp3) is 0.429. The molecule has 0 spiro atoms. The van der Waals surface area contributed by atoms with E-state index in [0.29, 0.717) is 15.1 Å². The Labute approximate surface area is 191 Å². The standard InChI is InChI=1S/C28H34S2/c1-2-3-4-5-6-7-8-17-28(29-26-20-18-22-13-9-11-15-24(22)26)30-27-21-19-23-14-10-12-16-25(23)27/h9-16,18-21,26-28H,2-8,17H2,1H3. The quantitative estimate of drug-likeness (QED) is 0.241. The van der Waals surface area contributed by atoms with E-state index in [-0.39, 0.29) is 0 Å². The topological polar surface area (TPSA) is 0 Å². The normalized spacial score (nSPS) is 19.8. The molecule has 2 aromatic rings. The van der Waals surface area contributed by atoms with Crippen LogP contribution >= 0.6 is 23.5 Å². The summed E-state index contributed by atoms with van der Waals surface area (Å²) >= 11 is 4.34. The first-order valence-electron chi connectivity index (χ1n) is 11.7. The Hall–Kier alpha value is -1.38. The third-order valence-electron chi connectivity index (χ3n) is 6.15. The lowest BCUT2D eigenvalue weighted by Crippen LogP contribution is -2.04. The average Bonchev–Trinajstić information content (AvgIpc) is 3.37. The van der Waals surface area contributed by atoms with Crippen LogP contribution in [0.2, 0.25) is 0 Å².